The van der Waals surface area contributed by atoms with Crippen molar-refractivity contribution in [2.75, 3.05) is 13.2 Å². The van der Waals surface area contributed by atoms with E-state index in [1.807, 2.05) is 13.8 Å². The van der Waals surface area contributed by atoms with E-state index in [0.29, 0.717) is 6.61 Å². The Morgan fingerprint density at radius 2 is 1.40 bits per heavy atom. The van der Waals surface area contributed by atoms with Crippen LogP contribution < -0.4 is 10.6 Å². The Hall–Kier alpha value is -1.67. The fourth-order valence-electron chi connectivity index (χ4n) is 7.42. The summed E-state index contributed by atoms with van der Waals surface area (Å²) in [5.41, 5.74) is -0.734. The van der Waals surface area contributed by atoms with Crippen LogP contribution in [0.3, 0.4) is 0 Å². The molecule has 0 radical (unpaired) electrons. The summed E-state index contributed by atoms with van der Waals surface area (Å²) in [6.45, 7) is 10.3. The van der Waals surface area contributed by atoms with Crippen molar-refractivity contribution in [3.63, 3.8) is 0 Å². The number of ether oxygens (including phenoxy) is 3. The molecule has 3 aliphatic rings. The molecule has 0 aromatic carbocycles. The monoisotopic (exact) mass is 634 g/mol. The average molecular weight is 635 g/mol. The van der Waals surface area contributed by atoms with Crippen molar-refractivity contribution in [1.82, 2.24) is 10.6 Å². The van der Waals surface area contributed by atoms with Crippen molar-refractivity contribution in [3.05, 3.63) is 0 Å². The minimum atomic E-state index is -0.832. The molecule has 3 fully saturated rings. The van der Waals surface area contributed by atoms with E-state index in [4.69, 9.17) is 14.2 Å². The van der Waals surface area contributed by atoms with Crippen LogP contribution in [-0.4, -0.2) is 55.0 Å². The van der Waals surface area contributed by atoms with E-state index in [1.165, 1.54) is 64.2 Å². The van der Waals surface area contributed by atoms with Crippen LogP contribution in [0.25, 0.3) is 0 Å². The minimum absolute atomic E-state index is 0.0821. The number of hydrogen-bond acceptors (Lipinski definition) is 6. The van der Waals surface area contributed by atoms with E-state index in [1.54, 1.807) is 13.8 Å². The third-order valence-corrected chi connectivity index (χ3v) is 10.4. The lowest BCUT2D eigenvalue weighted by molar-refractivity contribution is -0.304. The van der Waals surface area contributed by atoms with Crippen molar-refractivity contribution < 1.29 is 28.6 Å². The molecular weight excluding hydrogens is 568 g/mol. The van der Waals surface area contributed by atoms with Gasteiger partial charge >= 0.3 is 5.97 Å². The molecule has 0 bridgehead atoms. The van der Waals surface area contributed by atoms with Gasteiger partial charge in [-0.2, -0.15) is 0 Å². The molecule has 2 amide bonds. The molecule has 2 saturated carbocycles. The fourth-order valence-corrected chi connectivity index (χ4v) is 7.42. The van der Waals surface area contributed by atoms with Crippen molar-refractivity contribution in [3.8, 4) is 0 Å². The van der Waals surface area contributed by atoms with E-state index in [2.05, 4.69) is 17.6 Å². The fraction of sp³-hybridized carbons (Fsp3) is 0.919. The number of unbranched alkanes of at least 4 members (excludes halogenated alkanes) is 10. The van der Waals surface area contributed by atoms with Crippen LogP contribution in [0.4, 0.5) is 0 Å². The molecule has 8 nitrogen and oxygen atoms in total. The number of hydrogen-bond donors (Lipinski definition) is 2. The summed E-state index contributed by atoms with van der Waals surface area (Å²) in [6, 6.07) is -0.140. The summed E-state index contributed by atoms with van der Waals surface area (Å²) in [7, 11) is 0. The van der Waals surface area contributed by atoms with E-state index in [9.17, 15) is 14.4 Å². The number of nitrogens with one attached hydrogen (secondary N) is 2. The van der Waals surface area contributed by atoms with Gasteiger partial charge in [0.1, 0.15) is 12.2 Å². The molecule has 3 atom stereocenters. The molecule has 8 heteroatoms. The lowest BCUT2D eigenvalue weighted by Crippen LogP contribution is -2.56. The van der Waals surface area contributed by atoms with Gasteiger partial charge in [-0.05, 0) is 52.4 Å². The van der Waals surface area contributed by atoms with E-state index in [-0.39, 0.29) is 48.3 Å². The van der Waals surface area contributed by atoms with Gasteiger partial charge in [-0.25, -0.2) is 0 Å². The number of amides is 2. The second-order valence-corrected chi connectivity index (χ2v) is 15.4. The van der Waals surface area contributed by atoms with Crippen molar-refractivity contribution in [2.45, 2.75) is 193 Å². The van der Waals surface area contributed by atoms with Gasteiger partial charge in [-0.1, -0.05) is 111 Å². The molecule has 1 saturated heterocycles. The van der Waals surface area contributed by atoms with Gasteiger partial charge < -0.3 is 24.8 Å². The molecule has 260 valence electrons. The molecule has 0 aromatic rings. The van der Waals surface area contributed by atoms with Gasteiger partial charge in [0.2, 0.25) is 11.8 Å². The second kappa shape index (κ2) is 18.6. The molecule has 45 heavy (non-hydrogen) atoms. The lowest BCUT2D eigenvalue weighted by atomic mass is 9.79. The first-order valence-corrected chi connectivity index (χ1v) is 18.6. The number of rotatable bonds is 19. The summed E-state index contributed by atoms with van der Waals surface area (Å²) in [4.78, 5) is 39.5. The highest BCUT2D eigenvalue weighted by atomic mass is 16.7. The average Bonchev–Trinajstić information content (AvgIpc) is 3.48. The van der Waals surface area contributed by atoms with E-state index < -0.39 is 17.3 Å². The summed E-state index contributed by atoms with van der Waals surface area (Å²) in [6.07, 6.45) is 22.3. The summed E-state index contributed by atoms with van der Waals surface area (Å²) >= 11 is 0. The maximum Gasteiger partial charge on any atom is 0.307 e. The standard InChI is InChI=1S/C37H66N2O6/c1-6-7-8-9-10-11-12-13-14-15-18-24-37(25-19-20-26-37)34(42)39-29-21-16-17-22-30(29)44-31(40)23-27-38-33(41)32-35(2,3)28-43-36(4,5)45-32/h29-30,32H,6-28H2,1-5H3,(H,38,41)(H,39,42). The Bertz CT molecular complexity index is 913. The van der Waals surface area contributed by atoms with Crippen molar-refractivity contribution in [2.24, 2.45) is 10.8 Å². The Labute approximate surface area is 274 Å². The van der Waals surface area contributed by atoms with Crippen LogP contribution in [0.2, 0.25) is 0 Å². The smallest absolute Gasteiger partial charge is 0.307 e. The molecule has 0 aromatic heterocycles. The topological polar surface area (TPSA) is 103 Å². The van der Waals surface area contributed by atoms with Crippen LogP contribution in [0.15, 0.2) is 0 Å². The first kappa shape index (κ1) is 37.8. The minimum Gasteiger partial charge on any atom is -0.460 e. The van der Waals surface area contributed by atoms with Crippen molar-refractivity contribution >= 4 is 17.8 Å². The Kier molecular flexibility index (Phi) is 15.6. The molecule has 2 N–H and O–H groups in total. The third-order valence-electron chi connectivity index (χ3n) is 10.4. The highest BCUT2D eigenvalue weighted by molar-refractivity contribution is 5.83. The SMILES string of the molecule is CCCCCCCCCCCCCC1(C(=O)NC2CCCCC2OC(=O)CCNC(=O)C2OC(C)(C)OCC2(C)C)CCCC1. The normalized spacial score (nSPS) is 25.4. The van der Waals surface area contributed by atoms with E-state index >= 15 is 0 Å². The van der Waals surface area contributed by atoms with Crippen LogP contribution >= 0.6 is 0 Å². The number of carbonyl (C=O) groups is 3. The highest BCUT2D eigenvalue weighted by Crippen LogP contribution is 2.43. The van der Waals surface area contributed by atoms with Gasteiger partial charge in [0.05, 0.1) is 19.1 Å². The largest absolute Gasteiger partial charge is 0.460 e. The Balaban J connectivity index is 1.39. The molecule has 2 aliphatic carbocycles. The summed E-state index contributed by atoms with van der Waals surface area (Å²) in [5.74, 6) is -1.24. The van der Waals surface area contributed by atoms with Crippen LogP contribution in [0.1, 0.15) is 169 Å². The van der Waals surface area contributed by atoms with Crippen LogP contribution in [0, 0.1) is 10.8 Å². The number of esters is 1. The third kappa shape index (κ3) is 12.5. The van der Waals surface area contributed by atoms with Gasteiger partial charge in [0.15, 0.2) is 5.79 Å². The molecular formula is C37H66N2O6. The predicted octanol–water partition coefficient (Wildman–Crippen LogP) is 7.90. The quantitative estimate of drug-likeness (QED) is 0.111. The first-order chi connectivity index (χ1) is 21.5. The molecule has 3 unspecified atom stereocenters. The molecule has 3 rings (SSSR count). The van der Waals surface area contributed by atoms with Gasteiger partial charge in [-0.3, -0.25) is 14.4 Å². The maximum absolute atomic E-state index is 13.8. The number of carbonyl (C=O) groups excluding carboxylic acids is 3. The van der Waals surface area contributed by atoms with Crippen molar-refractivity contribution in [1.29, 1.82) is 0 Å². The zero-order valence-electron chi connectivity index (χ0n) is 29.4. The van der Waals surface area contributed by atoms with Gasteiger partial charge in [-0.15, -0.1) is 0 Å². The highest BCUT2D eigenvalue weighted by Gasteiger charge is 2.46. The van der Waals surface area contributed by atoms with E-state index in [0.717, 1.165) is 64.2 Å². The second-order valence-electron chi connectivity index (χ2n) is 15.4. The van der Waals surface area contributed by atoms with Gasteiger partial charge in [0, 0.05) is 17.4 Å². The zero-order chi connectivity index (χ0) is 32.8. The first-order valence-electron chi connectivity index (χ1n) is 18.6. The molecule has 1 aliphatic heterocycles. The Morgan fingerprint density at radius 3 is 2.04 bits per heavy atom. The zero-order valence-corrected chi connectivity index (χ0v) is 29.4. The maximum atomic E-state index is 13.8. The lowest BCUT2D eigenvalue weighted by Gasteiger charge is -2.44. The molecule has 0 spiro atoms. The van der Waals surface area contributed by atoms with Crippen LogP contribution in [-0.2, 0) is 28.6 Å². The van der Waals surface area contributed by atoms with Crippen LogP contribution in [0.5, 0.6) is 0 Å². The summed E-state index contributed by atoms with van der Waals surface area (Å²) < 4.78 is 17.5. The Morgan fingerprint density at radius 1 is 0.800 bits per heavy atom. The molecule has 1 heterocycles. The summed E-state index contributed by atoms with van der Waals surface area (Å²) in [5, 5.41) is 6.22. The van der Waals surface area contributed by atoms with Gasteiger partial charge in [0.25, 0.3) is 0 Å². The predicted molar refractivity (Wildman–Crippen MR) is 179 cm³/mol.